The zero-order valence-electron chi connectivity index (χ0n) is 11.5. The lowest BCUT2D eigenvalue weighted by molar-refractivity contribution is -0.142. The van der Waals surface area contributed by atoms with Crippen molar-refractivity contribution in [3.63, 3.8) is 0 Å². The van der Waals surface area contributed by atoms with Crippen molar-refractivity contribution in [2.75, 3.05) is 0 Å². The number of carbonyl (C=O) groups is 2. The van der Waals surface area contributed by atoms with Crippen LogP contribution in [0.2, 0.25) is 0 Å². The van der Waals surface area contributed by atoms with E-state index in [1.165, 1.54) is 6.07 Å². The lowest BCUT2D eigenvalue weighted by atomic mass is 10.1. The molecule has 0 bridgehead atoms. The van der Waals surface area contributed by atoms with E-state index in [-0.39, 0.29) is 4.90 Å². The third kappa shape index (κ3) is 4.47. The van der Waals surface area contributed by atoms with Gasteiger partial charge in [0, 0.05) is 10.3 Å². The Kier molecular flexibility index (Phi) is 6.05. The number of carboxylic acids is 2. The van der Waals surface area contributed by atoms with E-state index in [0.717, 1.165) is 27.0 Å². The lowest BCUT2D eigenvalue weighted by Gasteiger charge is -2.11. The van der Waals surface area contributed by atoms with Crippen LogP contribution in [0, 0.1) is 0 Å². The highest BCUT2D eigenvalue weighted by Crippen LogP contribution is 2.41. The maximum atomic E-state index is 11.5. The number of benzene rings is 2. The highest BCUT2D eigenvalue weighted by Gasteiger charge is 2.23. The maximum Gasteiger partial charge on any atom is 0.318 e. The molecular formula is C14H12O6S3. The van der Waals surface area contributed by atoms with Gasteiger partial charge in [-0.15, -0.1) is 0 Å². The molecule has 0 heterocycles. The molecule has 0 saturated heterocycles. The Morgan fingerprint density at radius 3 is 2.35 bits per heavy atom. The van der Waals surface area contributed by atoms with Crippen molar-refractivity contribution in [1.29, 1.82) is 0 Å². The first-order chi connectivity index (χ1) is 10.9. The molecule has 0 amide bonds. The fraction of sp³-hybridized carbons (Fsp3) is 0.143. The molecule has 6 nitrogen and oxygen atoms in total. The Bertz CT molecular complexity index is 771. The van der Waals surface area contributed by atoms with E-state index in [1.54, 1.807) is 30.3 Å². The van der Waals surface area contributed by atoms with Crippen molar-refractivity contribution in [2.45, 2.75) is 21.5 Å². The smallest absolute Gasteiger partial charge is 0.318 e. The molecule has 9 heteroatoms. The Morgan fingerprint density at radius 2 is 1.78 bits per heavy atom. The van der Waals surface area contributed by atoms with Crippen molar-refractivity contribution >= 4 is 55.4 Å². The molecule has 3 N–H and O–H groups in total. The summed E-state index contributed by atoms with van der Waals surface area (Å²) in [6.45, 7) is 0. The lowest BCUT2D eigenvalue weighted by Crippen LogP contribution is -2.19. The third-order valence-electron chi connectivity index (χ3n) is 2.91. The molecule has 0 aromatic heterocycles. The highest BCUT2D eigenvalue weighted by atomic mass is 33.1. The van der Waals surface area contributed by atoms with Crippen LogP contribution >= 0.6 is 21.6 Å². The van der Waals surface area contributed by atoms with E-state index in [0.29, 0.717) is 10.3 Å². The van der Waals surface area contributed by atoms with E-state index in [1.807, 2.05) is 0 Å². The van der Waals surface area contributed by atoms with Crippen LogP contribution in [0.4, 0.5) is 0 Å². The van der Waals surface area contributed by atoms with Gasteiger partial charge in [0.25, 0.3) is 0 Å². The Balaban J connectivity index is 2.34. The second kappa shape index (κ2) is 7.82. The first kappa shape index (κ1) is 17.8. The molecule has 2 atom stereocenters. The van der Waals surface area contributed by atoms with Gasteiger partial charge in [0.1, 0.15) is 5.25 Å². The summed E-state index contributed by atoms with van der Waals surface area (Å²) in [5, 5.41) is 18.0. The van der Waals surface area contributed by atoms with E-state index < -0.39 is 34.7 Å². The monoisotopic (exact) mass is 372 g/mol. The van der Waals surface area contributed by atoms with Crippen LogP contribution in [-0.4, -0.2) is 36.2 Å². The van der Waals surface area contributed by atoms with Crippen molar-refractivity contribution in [2.24, 2.45) is 0 Å². The van der Waals surface area contributed by atoms with Gasteiger partial charge in [0.2, 0.25) is 0 Å². The third-order valence-corrected chi connectivity index (χ3v) is 6.36. The number of rotatable bonds is 7. The summed E-state index contributed by atoms with van der Waals surface area (Å²) >= 11 is -2.18. The summed E-state index contributed by atoms with van der Waals surface area (Å²) in [5.41, 5.74) is 0. The van der Waals surface area contributed by atoms with Crippen LogP contribution in [0.5, 0.6) is 0 Å². The molecule has 2 aromatic rings. The molecule has 0 saturated carbocycles. The van der Waals surface area contributed by atoms with Crippen molar-refractivity contribution in [1.82, 2.24) is 0 Å². The quantitative estimate of drug-likeness (QED) is 0.502. The summed E-state index contributed by atoms with van der Waals surface area (Å²) < 4.78 is 20.9. The van der Waals surface area contributed by atoms with Crippen molar-refractivity contribution in [3.8, 4) is 0 Å². The summed E-state index contributed by atoms with van der Waals surface area (Å²) in [6.07, 6.45) is -0.503. The summed E-state index contributed by atoms with van der Waals surface area (Å²) in [6, 6.07) is 10.2. The van der Waals surface area contributed by atoms with E-state index in [4.69, 9.17) is 10.2 Å². The van der Waals surface area contributed by atoms with E-state index >= 15 is 0 Å². The average Bonchev–Trinajstić information content (AvgIpc) is 2.50. The summed E-state index contributed by atoms with van der Waals surface area (Å²) in [7, 11) is 1.99. The van der Waals surface area contributed by atoms with Crippen molar-refractivity contribution in [3.05, 3.63) is 36.4 Å². The predicted molar refractivity (Wildman–Crippen MR) is 90.1 cm³/mol. The fourth-order valence-electron chi connectivity index (χ4n) is 1.92. The fourth-order valence-corrected chi connectivity index (χ4v) is 5.07. The van der Waals surface area contributed by atoms with Gasteiger partial charge in [-0.25, -0.2) is 4.21 Å². The van der Waals surface area contributed by atoms with E-state index in [9.17, 15) is 18.4 Å². The van der Waals surface area contributed by atoms with Crippen LogP contribution in [0.15, 0.2) is 46.2 Å². The van der Waals surface area contributed by atoms with Crippen LogP contribution in [-0.2, 0) is 20.7 Å². The van der Waals surface area contributed by atoms with Crippen LogP contribution in [0.1, 0.15) is 6.42 Å². The van der Waals surface area contributed by atoms with Gasteiger partial charge >= 0.3 is 11.9 Å². The molecular weight excluding hydrogens is 360 g/mol. The molecule has 0 aliphatic carbocycles. The average molecular weight is 372 g/mol. The summed E-state index contributed by atoms with van der Waals surface area (Å²) in [5.74, 6) is -2.41. The highest BCUT2D eigenvalue weighted by molar-refractivity contribution is 8.77. The predicted octanol–water partition coefficient (Wildman–Crippen LogP) is 3.09. The van der Waals surface area contributed by atoms with Gasteiger partial charge in [0.05, 0.1) is 11.3 Å². The molecule has 0 aliphatic rings. The maximum absolute atomic E-state index is 11.5. The molecule has 122 valence electrons. The zero-order chi connectivity index (χ0) is 17.0. The second-order valence-electron chi connectivity index (χ2n) is 4.46. The standard InChI is InChI=1S/C14H12O6S3/c15-12(16)7-10(14(17)18)22-21-9-5-1-3-8-4-2-6-11(13(8)9)23(19)20/h1-6,10H,7H2,(H,15,16)(H,17,18)(H,19,20). The molecule has 0 spiro atoms. The van der Waals surface area contributed by atoms with Gasteiger partial charge in [-0.05, 0) is 17.5 Å². The minimum Gasteiger partial charge on any atom is -0.481 e. The molecule has 0 aliphatic heterocycles. The van der Waals surface area contributed by atoms with Gasteiger partial charge < -0.3 is 14.8 Å². The Hall–Kier alpha value is -1.55. The van der Waals surface area contributed by atoms with Gasteiger partial charge in [-0.3, -0.25) is 9.59 Å². The zero-order valence-corrected chi connectivity index (χ0v) is 14.0. The Labute approximate surface area is 142 Å². The van der Waals surface area contributed by atoms with Gasteiger partial charge in [-0.2, -0.15) is 0 Å². The van der Waals surface area contributed by atoms with Gasteiger partial charge in [0.15, 0.2) is 11.1 Å². The van der Waals surface area contributed by atoms with Crippen LogP contribution in [0.25, 0.3) is 10.8 Å². The summed E-state index contributed by atoms with van der Waals surface area (Å²) in [4.78, 5) is 22.7. The van der Waals surface area contributed by atoms with Crippen LogP contribution < -0.4 is 0 Å². The minimum absolute atomic E-state index is 0.233. The number of aliphatic carboxylic acids is 2. The second-order valence-corrected chi connectivity index (χ2v) is 7.85. The molecule has 0 radical (unpaired) electrons. The van der Waals surface area contributed by atoms with E-state index in [2.05, 4.69) is 0 Å². The van der Waals surface area contributed by atoms with Crippen LogP contribution in [0.3, 0.4) is 0 Å². The first-order valence-electron chi connectivity index (χ1n) is 6.30. The Morgan fingerprint density at radius 1 is 1.13 bits per heavy atom. The topological polar surface area (TPSA) is 112 Å². The minimum atomic E-state index is -2.18. The molecule has 2 unspecified atom stereocenters. The molecule has 0 fully saturated rings. The van der Waals surface area contributed by atoms with Crippen molar-refractivity contribution < 1.29 is 28.6 Å². The number of hydrogen-bond donors (Lipinski definition) is 3. The molecule has 2 rings (SSSR count). The molecule has 23 heavy (non-hydrogen) atoms. The SMILES string of the molecule is O=C(O)CC(SSc1cccc2cccc(S(=O)O)c12)C(=O)O. The number of hydrogen-bond acceptors (Lipinski definition) is 5. The normalized spacial score (nSPS) is 13.6. The first-order valence-corrected chi connectivity index (χ1v) is 9.62. The molecule has 2 aromatic carbocycles. The van der Waals surface area contributed by atoms with Gasteiger partial charge in [-0.1, -0.05) is 45.9 Å². The number of carboxylic acid groups (broad SMARTS) is 2. The number of fused-ring (bicyclic) bond motifs is 1. The largest absolute Gasteiger partial charge is 0.481 e.